The van der Waals surface area contributed by atoms with Gasteiger partial charge in [0.25, 0.3) is 0 Å². The minimum atomic E-state index is -0.970. The molecular weight excluding hydrogens is 1780 g/mol. The van der Waals surface area contributed by atoms with Gasteiger partial charge in [-0.1, -0.05) is 210 Å². The van der Waals surface area contributed by atoms with Gasteiger partial charge in [-0.05, 0) is 245 Å². The summed E-state index contributed by atoms with van der Waals surface area (Å²) >= 11 is 3.41. The highest BCUT2D eigenvalue weighted by atomic mass is 79.9. The average molecular weight is 1890 g/mol. The molecule has 14 aromatic rings. The van der Waals surface area contributed by atoms with E-state index in [4.69, 9.17) is 28.4 Å². The molecule has 1 unspecified atom stereocenters. The minimum Gasteiger partial charge on any atom is -0.496 e. The number of aromatic nitrogens is 4. The zero-order chi connectivity index (χ0) is 96.8. The van der Waals surface area contributed by atoms with Crippen LogP contribution in [-0.2, 0) is 26.4 Å². The van der Waals surface area contributed by atoms with E-state index in [9.17, 15) is 39.0 Å². The summed E-state index contributed by atoms with van der Waals surface area (Å²) in [6.45, 7) is 17.3. The fraction of sp³-hybridized carbons (Fsp3) is 0.169. The molecule has 0 aliphatic heterocycles. The Morgan fingerprint density at radius 2 is 0.708 bits per heavy atom. The van der Waals surface area contributed by atoms with Crippen molar-refractivity contribution in [2.24, 2.45) is 0 Å². The molecular formula is C118H109BrN4O14. The van der Waals surface area contributed by atoms with Crippen LogP contribution in [-0.4, -0.2) is 85.0 Å². The summed E-state index contributed by atoms with van der Waals surface area (Å²) in [6.07, 6.45) is 25.1. The molecule has 0 bridgehead atoms. The lowest BCUT2D eigenvalue weighted by molar-refractivity contribution is 0.102. The monoisotopic (exact) mass is 1880 g/mol. The van der Waals surface area contributed by atoms with E-state index >= 15 is 0 Å². The third kappa shape index (κ3) is 23.5. The van der Waals surface area contributed by atoms with Crippen LogP contribution in [0.3, 0.4) is 0 Å². The molecule has 4 aliphatic rings. The lowest BCUT2D eigenvalue weighted by Crippen LogP contribution is -2.13. The van der Waals surface area contributed by atoms with Crippen LogP contribution in [0.2, 0.25) is 0 Å². The molecule has 0 saturated carbocycles. The Labute approximate surface area is 808 Å². The predicted molar refractivity (Wildman–Crippen MR) is 544 cm³/mol. The van der Waals surface area contributed by atoms with E-state index < -0.39 is 6.10 Å². The van der Waals surface area contributed by atoms with Crippen LogP contribution in [0.5, 0.6) is 34.5 Å². The number of hydrogen-bond acceptors (Lipinski definition) is 14. The molecule has 4 aliphatic carbocycles. The molecule has 0 radical (unpaired) electrons. The number of aldehydes is 1. The van der Waals surface area contributed by atoms with Crippen LogP contribution < -0.4 is 28.4 Å². The largest absolute Gasteiger partial charge is 0.496 e. The molecule has 0 spiro atoms. The maximum atomic E-state index is 13.7. The summed E-state index contributed by atoms with van der Waals surface area (Å²) in [4.78, 5) is 77.7. The van der Waals surface area contributed by atoms with Gasteiger partial charge in [0.05, 0.1) is 77.8 Å². The Bertz CT molecular complexity index is 7080. The molecule has 18 rings (SSSR count). The Morgan fingerprint density at radius 3 is 1.13 bits per heavy atom. The van der Waals surface area contributed by atoms with E-state index in [1.165, 1.54) is 7.11 Å². The lowest BCUT2D eigenvalue weighted by atomic mass is 9.96. The molecule has 0 saturated heterocycles. The second-order valence-electron chi connectivity index (χ2n) is 33.6. The molecule has 0 fully saturated rings. The van der Waals surface area contributed by atoms with Crippen LogP contribution in [0.15, 0.2) is 367 Å². The number of allylic oxidation sites excluding steroid dienone is 16. The highest BCUT2D eigenvalue weighted by Crippen LogP contribution is 2.40. The van der Waals surface area contributed by atoms with Crippen LogP contribution in [0.4, 0.5) is 0 Å². The quantitative estimate of drug-likeness (QED) is 0.0316. The van der Waals surface area contributed by atoms with Gasteiger partial charge >= 0.3 is 0 Å². The normalized spacial score (nSPS) is 12.9. The lowest BCUT2D eigenvalue weighted by Gasteiger charge is -2.19. The van der Waals surface area contributed by atoms with Gasteiger partial charge < -0.3 is 56.9 Å². The maximum absolute atomic E-state index is 13.7. The number of ketones is 5. The molecule has 4 aromatic heterocycles. The molecule has 4 heterocycles. The molecule has 1 atom stereocenters. The zero-order valence-electron chi connectivity index (χ0n) is 78.6. The first-order valence-corrected chi connectivity index (χ1v) is 46.0. The summed E-state index contributed by atoms with van der Waals surface area (Å²) in [5.41, 5.74) is 24.0. The number of Topliss-reactive ketones (excluding diaryl/α,β-unsaturated/α-hetero) is 4. The number of rotatable bonds is 30. The third-order valence-corrected chi connectivity index (χ3v) is 24.6. The number of hydrogen-bond donors (Lipinski definition) is 2. The van der Waals surface area contributed by atoms with Gasteiger partial charge in [-0.15, -0.1) is 0 Å². The van der Waals surface area contributed by atoms with Gasteiger partial charge in [-0.2, -0.15) is 0 Å². The molecule has 19 heteroatoms. The number of carbonyl (C=O) groups is 6. The van der Waals surface area contributed by atoms with Crippen molar-refractivity contribution in [2.75, 3.05) is 21.3 Å². The zero-order valence-corrected chi connectivity index (χ0v) is 80.2. The molecule has 692 valence electrons. The molecule has 18 nitrogen and oxygen atoms in total. The minimum absolute atomic E-state index is 0.00846. The van der Waals surface area contributed by atoms with E-state index in [0.717, 1.165) is 129 Å². The SMILES string of the molecule is COc1cc(OCc2ccccc2)ccc1Br.COc1cc(OCc2ccccc2)ccc1C(=O)c1cccn1C1=C(C(=O)c2ccc(C)cc2C)CC=C1.COc1cc(OCc2ccccc2)ccc1C(O)c1cccn1C1=C(C(=O)c2ccc(C)cc2C)CC=C1.Cc1ccc(C(=O)C2=C(n3cccc3C=O)C=CC2)c(C)c1.Cc1ccc(C(=O)C2=C(n3cccc3CO)C=CC2)c(C)c1. The first-order valence-electron chi connectivity index (χ1n) is 45.2. The van der Waals surface area contributed by atoms with E-state index in [1.54, 1.807) is 59.8 Å². The number of halogens is 1. The molecule has 137 heavy (non-hydrogen) atoms. The number of aryl methyl sites for hydroxylation is 8. The van der Waals surface area contributed by atoms with Crippen LogP contribution in [0.1, 0.15) is 178 Å². The predicted octanol–water partition coefficient (Wildman–Crippen LogP) is 25.5. The fourth-order valence-corrected chi connectivity index (χ4v) is 17.4. The van der Waals surface area contributed by atoms with Crippen LogP contribution in [0.25, 0.3) is 22.8 Å². The van der Waals surface area contributed by atoms with Gasteiger partial charge in [0.15, 0.2) is 29.4 Å². The second kappa shape index (κ2) is 45.9. The number of nitrogens with zero attached hydrogens (tertiary/aromatic N) is 4. The summed E-state index contributed by atoms with van der Waals surface area (Å²) in [6, 6.07) is 84.3. The highest BCUT2D eigenvalue weighted by molar-refractivity contribution is 9.10. The number of methoxy groups -OCH3 is 3. The second-order valence-corrected chi connectivity index (χ2v) is 34.5. The molecule has 0 amide bonds. The Morgan fingerprint density at radius 1 is 0.358 bits per heavy atom. The van der Waals surface area contributed by atoms with Crippen LogP contribution >= 0.6 is 15.9 Å². The van der Waals surface area contributed by atoms with Crippen molar-refractivity contribution in [1.82, 2.24) is 18.3 Å². The number of aliphatic hydroxyl groups excluding tert-OH is 2. The van der Waals surface area contributed by atoms with Gasteiger partial charge in [0, 0.05) is 98.8 Å². The van der Waals surface area contributed by atoms with Crippen molar-refractivity contribution >= 4 is 73.9 Å². The highest BCUT2D eigenvalue weighted by Gasteiger charge is 2.30. The first kappa shape index (κ1) is 97.5. The summed E-state index contributed by atoms with van der Waals surface area (Å²) in [5.74, 6) is 3.67. The van der Waals surface area contributed by atoms with Crippen molar-refractivity contribution in [3.8, 4) is 34.5 Å². The Balaban J connectivity index is 0.000000142. The van der Waals surface area contributed by atoms with Gasteiger partial charge in [0.1, 0.15) is 60.4 Å². The van der Waals surface area contributed by atoms with E-state index in [-0.39, 0.29) is 35.5 Å². The number of ether oxygens (including phenoxy) is 6. The van der Waals surface area contributed by atoms with Crippen molar-refractivity contribution in [2.45, 2.75) is 114 Å². The topological polar surface area (TPSA) is 218 Å². The molecule has 10 aromatic carbocycles. The Hall–Kier alpha value is -15.5. The standard InChI is InChI=1S/C33H31NO4.C33H29NO4.C19H19NO2.C19H17NO2.C14H13BrO2/c2*1-22-14-16-26(23(2)19-22)32(35)27-11-7-12-29(27)34-18-8-13-30(34)33(36)28-17-15-25(20-31(28)37-3)38-21-24-9-5-4-6-10-24;2*1-13-8-9-16(14(2)11-13)19(22)17-6-3-7-18(17)20-10-4-5-15(20)12-21;1-16-14-9-12(7-8-13(14)15)17-10-11-5-3-2-4-6-11/h4-10,12-20,33,36H,11,21H2,1-3H3;4-10,12-20H,11,21H2,1-3H3;3-5,7-11,21H,6,12H2,1-2H3;3-5,7-12H,6H2,1-2H3;2-9H,10H2,1H3. The smallest absolute Gasteiger partial charge is 0.213 e. The van der Waals surface area contributed by atoms with Gasteiger partial charge in [-0.3, -0.25) is 28.8 Å². The van der Waals surface area contributed by atoms with Crippen LogP contribution in [0, 0.1) is 55.4 Å². The summed E-state index contributed by atoms with van der Waals surface area (Å²) < 4.78 is 42.2. The number of aliphatic hydroxyl groups is 2. The van der Waals surface area contributed by atoms with Crippen molar-refractivity contribution < 1.29 is 67.4 Å². The van der Waals surface area contributed by atoms with Crippen molar-refractivity contribution in [3.63, 3.8) is 0 Å². The Kier molecular flexibility index (Phi) is 32.7. The number of benzene rings is 10. The molecule has 2 N–H and O–H groups in total. The first-order chi connectivity index (χ1) is 66.4. The van der Waals surface area contributed by atoms with Crippen molar-refractivity contribution in [1.29, 1.82) is 0 Å². The van der Waals surface area contributed by atoms with E-state index in [0.29, 0.717) is 125 Å². The summed E-state index contributed by atoms with van der Waals surface area (Å²) in [7, 11) is 4.75. The summed E-state index contributed by atoms with van der Waals surface area (Å²) in [5, 5.41) is 20.9. The maximum Gasteiger partial charge on any atom is 0.213 e. The van der Waals surface area contributed by atoms with E-state index in [1.807, 2.05) is 368 Å². The van der Waals surface area contributed by atoms with Gasteiger partial charge in [-0.25, -0.2) is 0 Å². The third-order valence-electron chi connectivity index (χ3n) is 24.0. The van der Waals surface area contributed by atoms with Crippen molar-refractivity contribution in [3.05, 3.63) is 484 Å². The number of carbonyl (C=O) groups excluding carboxylic acids is 6. The fourth-order valence-electron chi connectivity index (χ4n) is 16.9. The van der Waals surface area contributed by atoms with E-state index in [2.05, 4.69) is 15.9 Å². The average Bonchev–Trinajstić information content (AvgIpc) is 1.65. The van der Waals surface area contributed by atoms with Gasteiger partial charge in [0.2, 0.25) is 5.78 Å².